The zero-order chi connectivity index (χ0) is 14.9. The highest BCUT2D eigenvalue weighted by atomic mass is 32.1. The number of amides is 1. The highest BCUT2D eigenvalue weighted by Gasteiger charge is 2.20. The number of hydrogen-bond acceptors (Lipinski definition) is 6. The van der Waals surface area contributed by atoms with Gasteiger partial charge in [-0.2, -0.15) is 4.98 Å². The number of nitrogens with zero attached hydrogens (tertiary/aromatic N) is 3. The Morgan fingerprint density at radius 2 is 2.15 bits per heavy atom. The molecule has 0 saturated carbocycles. The Morgan fingerprint density at radius 1 is 1.45 bits per heavy atom. The maximum atomic E-state index is 11.3. The molecule has 0 spiro atoms. The van der Waals surface area contributed by atoms with Crippen LogP contribution >= 0.6 is 11.3 Å². The molecule has 7 heteroatoms. The highest BCUT2D eigenvalue weighted by molar-refractivity contribution is 7.18. The molecule has 4 N–H and O–H groups in total. The number of anilines is 2. The molecule has 2 heterocycles. The molecule has 2 aromatic rings. The maximum Gasteiger partial charge on any atom is 0.237 e. The fourth-order valence-corrected chi connectivity index (χ4v) is 3.00. The van der Waals surface area contributed by atoms with Crippen LogP contribution < -0.4 is 16.4 Å². The van der Waals surface area contributed by atoms with E-state index in [0.717, 1.165) is 16.6 Å². The molecule has 1 amide bonds. The van der Waals surface area contributed by atoms with E-state index < -0.39 is 5.91 Å². The smallest absolute Gasteiger partial charge is 0.237 e. The molecule has 108 valence electrons. The molecule has 0 atom stereocenters. The Labute approximate surface area is 121 Å². The normalized spacial score (nSPS) is 11.2. The lowest BCUT2D eigenvalue weighted by atomic mass is 10.2. The summed E-state index contributed by atoms with van der Waals surface area (Å²) in [6, 6.07) is 2.15. The van der Waals surface area contributed by atoms with Gasteiger partial charge in [-0.05, 0) is 26.3 Å². The third-order valence-electron chi connectivity index (χ3n) is 3.01. The van der Waals surface area contributed by atoms with E-state index in [-0.39, 0.29) is 18.5 Å². The Hall–Kier alpha value is -1.89. The number of carbonyl (C=O) groups excluding carboxylic acids is 1. The van der Waals surface area contributed by atoms with Gasteiger partial charge in [-0.15, -0.1) is 11.3 Å². The van der Waals surface area contributed by atoms with E-state index in [9.17, 15) is 4.79 Å². The Balaban J connectivity index is 2.60. The molecular weight excluding hydrogens is 274 g/mol. The Kier molecular flexibility index (Phi) is 4.08. The van der Waals surface area contributed by atoms with Crippen molar-refractivity contribution < 1.29 is 4.79 Å². The topological polar surface area (TPSA) is 98.1 Å². The molecule has 0 saturated heterocycles. The number of fused-ring (bicyclic) bond motifs is 1. The van der Waals surface area contributed by atoms with Crippen molar-refractivity contribution in [2.75, 3.05) is 17.2 Å². The molecule has 0 aliphatic heterocycles. The minimum atomic E-state index is -0.394. The van der Waals surface area contributed by atoms with Crippen molar-refractivity contribution in [1.82, 2.24) is 9.97 Å². The van der Waals surface area contributed by atoms with Crippen molar-refractivity contribution >= 4 is 39.2 Å². The summed E-state index contributed by atoms with van der Waals surface area (Å²) in [6.07, 6.45) is 0.928. The number of thiophene rings is 1. The van der Waals surface area contributed by atoms with Gasteiger partial charge in [0, 0.05) is 10.9 Å². The van der Waals surface area contributed by atoms with Gasteiger partial charge in [-0.3, -0.25) is 4.79 Å². The lowest BCUT2D eigenvalue weighted by molar-refractivity contribution is -0.116. The van der Waals surface area contributed by atoms with Crippen molar-refractivity contribution in [2.45, 2.75) is 33.2 Å². The van der Waals surface area contributed by atoms with Crippen molar-refractivity contribution in [3.8, 4) is 0 Å². The number of nitrogens with two attached hydrogens (primary N) is 2. The first-order valence-corrected chi connectivity index (χ1v) is 7.34. The lowest BCUT2D eigenvalue weighted by Gasteiger charge is -2.27. The van der Waals surface area contributed by atoms with Crippen LogP contribution in [0.5, 0.6) is 0 Å². The third kappa shape index (κ3) is 2.82. The van der Waals surface area contributed by atoms with Crippen LogP contribution in [0.2, 0.25) is 0 Å². The number of aromatic nitrogens is 2. The monoisotopic (exact) mass is 293 g/mol. The summed E-state index contributed by atoms with van der Waals surface area (Å²) in [6.45, 7) is 6.17. The second kappa shape index (κ2) is 5.62. The molecule has 0 aliphatic rings. The van der Waals surface area contributed by atoms with Crippen LogP contribution in [0.4, 0.5) is 11.8 Å². The van der Waals surface area contributed by atoms with Crippen molar-refractivity contribution in [2.24, 2.45) is 5.73 Å². The van der Waals surface area contributed by atoms with Gasteiger partial charge in [0.05, 0.1) is 11.9 Å². The summed E-state index contributed by atoms with van der Waals surface area (Å²) in [4.78, 5) is 23.8. The number of carbonyl (C=O) groups is 1. The molecular formula is C13H19N5OS. The van der Waals surface area contributed by atoms with E-state index in [1.165, 1.54) is 4.88 Å². The summed E-state index contributed by atoms with van der Waals surface area (Å²) in [5.41, 5.74) is 11.1. The molecule has 0 fully saturated rings. The standard InChI is InChI=1S/C13H19N5OS/c1-4-8-5-9-11(16-13(15)17-12(9)20-8)18(7(2)3)6-10(14)19/h5,7H,4,6H2,1-3H3,(H2,14,19)(H2,15,16,17). The summed E-state index contributed by atoms with van der Waals surface area (Å²) in [7, 11) is 0. The van der Waals surface area contributed by atoms with Crippen LogP contribution in [-0.2, 0) is 11.2 Å². The van der Waals surface area contributed by atoms with Crippen LogP contribution in [0.1, 0.15) is 25.6 Å². The van der Waals surface area contributed by atoms with Gasteiger partial charge >= 0.3 is 0 Å². The van der Waals surface area contributed by atoms with E-state index >= 15 is 0 Å². The van der Waals surface area contributed by atoms with Crippen LogP contribution in [-0.4, -0.2) is 28.5 Å². The molecule has 0 radical (unpaired) electrons. The first-order chi connectivity index (χ1) is 9.42. The fourth-order valence-electron chi connectivity index (χ4n) is 2.04. The van der Waals surface area contributed by atoms with Crippen LogP contribution in [0.25, 0.3) is 10.2 Å². The van der Waals surface area contributed by atoms with Gasteiger partial charge in [0.15, 0.2) is 0 Å². The highest BCUT2D eigenvalue weighted by Crippen LogP contribution is 2.32. The van der Waals surface area contributed by atoms with Gasteiger partial charge in [0.25, 0.3) is 0 Å². The van der Waals surface area contributed by atoms with Gasteiger partial charge in [-0.25, -0.2) is 4.98 Å². The molecule has 2 rings (SSSR count). The van der Waals surface area contributed by atoms with E-state index in [4.69, 9.17) is 11.5 Å². The summed E-state index contributed by atoms with van der Waals surface area (Å²) >= 11 is 1.60. The Morgan fingerprint density at radius 3 is 2.70 bits per heavy atom. The largest absolute Gasteiger partial charge is 0.368 e. The van der Waals surface area contributed by atoms with E-state index in [1.807, 2.05) is 18.7 Å². The van der Waals surface area contributed by atoms with E-state index in [2.05, 4.69) is 23.0 Å². The van der Waals surface area contributed by atoms with Crippen LogP contribution in [0.15, 0.2) is 6.07 Å². The third-order valence-corrected chi connectivity index (χ3v) is 4.18. The Bertz CT molecular complexity index is 637. The van der Waals surface area contributed by atoms with Crippen molar-refractivity contribution in [1.29, 1.82) is 0 Å². The predicted octanol–water partition coefficient (Wildman–Crippen LogP) is 1.54. The predicted molar refractivity (Wildman–Crippen MR) is 82.9 cm³/mol. The van der Waals surface area contributed by atoms with E-state index in [1.54, 1.807) is 11.3 Å². The molecule has 0 aliphatic carbocycles. The van der Waals surface area contributed by atoms with Gasteiger partial charge in [0.2, 0.25) is 11.9 Å². The number of nitrogen functional groups attached to an aromatic ring is 1. The summed E-state index contributed by atoms with van der Waals surface area (Å²) < 4.78 is 0. The molecule has 0 aromatic carbocycles. The fraction of sp³-hybridized carbons (Fsp3) is 0.462. The zero-order valence-electron chi connectivity index (χ0n) is 11.9. The quantitative estimate of drug-likeness (QED) is 0.871. The first kappa shape index (κ1) is 14.5. The number of primary amides is 1. The van der Waals surface area contributed by atoms with Crippen LogP contribution in [0, 0.1) is 0 Å². The average molecular weight is 293 g/mol. The molecule has 6 nitrogen and oxygen atoms in total. The van der Waals surface area contributed by atoms with Crippen LogP contribution in [0.3, 0.4) is 0 Å². The van der Waals surface area contributed by atoms with Gasteiger partial charge in [-0.1, -0.05) is 6.92 Å². The second-order valence-electron chi connectivity index (χ2n) is 4.88. The first-order valence-electron chi connectivity index (χ1n) is 6.53. The molecule has 0 bridgehead atoms. The van der Waals surface area contributed by atoms with Crippen molar-refractivity contribution in [3.05, 3.63) is 10.9 Å². The minimum absolute atomic E-state index is 0.0879. The molecule has 0 unspecified atom stereocenters. The zero-order valence-corrected chi connectivity index (χ0v) is 12.7. The average Bonchev–Trinajstić information content (AvgIpc) is 2.77. The second-order valence-corrected chi connectivity index (χ2v) is 5.99. The van der Waals surface area contributed by atoms with Gasteiger partial charge < -0.3 is 16.4 Å². The number of rotatable bonds is 5. The summed E-state index contributed by atoms with van der Waals surface area (Å²) in [5.74, 6) is 0.499. The number of aryl methyl sites for hydroxylation is 1. The van der Waals surface area contributed by atoms with Gasteiger partial charge in [0.1, 0.15) is 10.6 Å². The SMILES string of the molecule is CCc1cc2c(N(CC(N)=O)C(C)C)nc(N)nc2s1. The maximum absolute atomic E-state index is 11.3. The summed E-state index contributed by atoms with van der Waals surface area (Å²) in [5, 5.41) is 0.927. The number of hydrogen-bond donors (Lipinski definition) is 2. The van der Waals surface area contributed by atoms with E-state index in [0.29, 0.717) is 5.82 Å². The lowest BCUT2D eigenvalue weighted by Crippen LogP contribution is -2.39. The van der Waals surface area contributed by atoms with Crippen molar-refractivity contribution in [3.63, 3.8) is 0 Å². The molecule has 20 heavy (non-hydrogen) atoms. The molecule has 2 aromatic heterocycles. The minimum Gasteiger partial charge on any atom is -0.368 e.